The van der Waals surface area contributed by atoms with E-state index in [9.17, 15) is 9.18 Å². The Hall–Kier alpha value is -2.54. The van der Waals surface area contributed by atoms with Crippen LogP contribution in [-0.4, -0.2) is 53.5 Å². The Kier molecular flexibility index (Phi) is 5.55. The van der Waals surface area contributed by atoms with E-state index in [4.69, 9.17) is 0 Å². The minimum absolute atomic E-state index is 0.200. The van der Waals surface area contributed by atoms with Crippen molar-refractivity contribution in [2.24, 2.45) is 0 Å². The van der Waals surface area contributed by atoms with E-state index in [1.165, 1.54) is 6.07 Å². The van der Waals surface area contributed by atoms with Gasteiger partial charge in [-0.15, -0.1) is 0 Å². The number of amides is 1. The second-order valence-electron chi connectivity index (χ2n) is 6.20. The summed E-state index contributed by atoms with van der Waals surface area (Å²) in [6.07, 6.45) is 4.38. The van der Waals surface area contributed by atoms with Gasteiger partial charge in [0.05, 0.1) is 12.2 Å². The monoisotopic (exact) mass is 343 g/mol. The number of carbonyl (C=O) groups excluding carboxylic acids is 1. The lowest BCUT2D eigenvalue weighted by molar-refractivity contribution is -0.117. The maximum absolute atomic E-state index is 13.8. The van der Waals surface area contributed by atoms with Crippen LogP contribution in [0.1, 0.15) is 12.0 Å². The molecule has 1 aliphatic heterocycles. The van der Waals surface area contributed by atoms with Gasteiger partial charge in [0.15, 0.2) is 0 Å². The molecule has 1 amide bonds. The molecule has 0 saturated carbocycles. The molecule has 7 heteroatoms. The molecule has 0 unspecified atom stereocenters. The van der Waals surface area contributed by atoms with Crippen LogP contribution in [0.15, 0.2) is 36.7 Å². The SMILES string of the molecule is Cc1ccc(F)c(NC(=O)CN2CCCN(c3ncccn3)CC2)c1. The zero-order valence-corrected chi connectivity index (χ0v) is 14.3. The van der Waals surface area contributed by atoms with Gasteiger partial charge in [0.2, 0.25) is 11.9 Å². The lowest BCUT2D eigenvalue weighted by atomic mass is 10.2. The molecule has 1 aromatic heterocycles. The van der Waals surface area contributed by atoms with Crippen molar-refractivity contribution in [2.75, 3.05) is 42.9 Å². The van der Waals surface area contributed by atoms with E-state index in [2.05, 4.69) is 25.1 Å². The van der Waals surface area contributed by atoms with Gasteiger partial charge in [-0.05, 0) is 37.1 Å². The molecule has 1 aromatic carbocycles. The number of carbonyl (C=O) groups is 1. The van der Waals surface area contributed by atoms with Crippen molar-refractivity contribution in [1.82, 2.24) is 14.9 Å². The van der Waals surface area contributed by atoms with Crippen molar-refractivity contribution >= 4 is 17.5 Å². The third-order valence-electron chi connectivity index (χ3n) is 4.19. The number of aryl methyl sites for hydroxylation is 1. The largest absolute Gasteiger partial charge is 0.339 e. The highest BCUT2D eigenvalue weighted by molar-refractivity contribution is 5.92. The van der Waals surface area contributed by atoms with Crippen LogP contribution in [0.4, 0.5) is 16.0 Å². The minimum atomic E-state index is -0.415. The van der Waals surface area contributed by atoms with E-state index >= 15 is 0 Å². The number of hydrogen-bond donors (Lipinski definition) is 1. The second-order valence-corrected chi connectivity index (χ2v) is 6.20. The van der Waals surface area contributed by atoms with Crippen LogP contribution in [-0.2, 0) is 4.79 Å². The fraction of sp³-hybridized carbons (Fsp3) is 0.389. The normalized spacial score (nSPS) is 15.7. The van der Waals surface area contributed by atoms with Crippen molar-refractivity contribution in [1.29, 1.82) is 0 Å². The van der Waals surface area contributed by atoms with Crippen molar-refractivity contribution in [3.8, 4) is 0 Å². The van der Waals surface area contributed by atoms with Crippen molar-refractivity contribution in [3.05, 3.63) is 48.0 Å². The summed E-state index contributed by atoms with van der Waals surface area (Å²) in [6.45, 7) is 5.28. The predicted molar refractivity (Wildman–Crippen MR) is 95.1 cm³/mol. The average molecular weight is 343 g/mol. The van der Waals surface area contributed by atoms with Gasteiger partial charge >= 0.3 is 0 Å². The van der Waals surface area contributed by atoms with Crippen LogP contribution in [0.25, 0.3) is 0 Å². The number of nitrogens with one attached hydrogen (secondary N) is 1. The summed E-state index contributed by atoms with van der Waals surface area (Å²) in [4.78, 5) is 25.0. The van der Waals surface area contributed by atoms with Gasteiger partial charge in [-0.3, -0.25) is 9.69 Å². The molecule has 0 bridgehead atoms. The molecule has 1 fully saturated rings. The third kappa shape index (κ3) is 4.73. The Labute approximate surface area is 146 Å². The smallest absolute Gasteiger partial charge is 0.238 e. The van der Waals surface area contributed by atoms with Crippen molar-refractivity contribution in [3.63, 3.8) is 0 Å². The second kappa shape index (κ2) is 8.02. The number of anilines is 2. The van der Waals surface area contributed by atoms with E-state index in [1.807, 2.05) is 6.92 Å². The van der Waals surface area contributed by atoms with Crippen molar-refractivity contribution in [2.45, 2.75) is 13.3 Å². The fourth-order valence-corrected chi connectivity index (χ4v) is 2.91. The molecule has 1 N–H and O–H groups in total. The molecular weight excluding hydrogens is 321 g/mol. The summed E-state index contributed by atoms with van der Waals surface area (Å²) >= 11 is 0. The van der Waals surface area contributed by atoms with Crippen LogP contribution in [0.2, 0.25) is 0 Å². The molecule has 1 saturated heterocycles. The Bertz CT molecular complexity index is 725. The number of halogens is 1. The minimum Gasteiger partial charge on any atom is -0.339 e. The number of nitrogens with zero attached hydrogens (tertiary/aromatic N) is 4. The van der Waals surface area contributed by atoms with Gasteiger partial charge in [-0.2, -0.15) is 0 Å². The van der Waals surface area contributed by atoms with Crippen LogP contribution >= 0.6 is 0 Å². The fourth-order valence-electron chi connectivity index (χ4n) is 2.91. The van der Waals surface area contributed by atoms with Crippen LogP contribution in [0, 0.1) is 12.7 Å². The first-order chi connectivity index (χ1) is 12.1. The van der Waals surface area contributed by atoms with E-state index in [0.717, 1.165) is 44.1 Å². The lowest BCUT2D eigenvalue weighted by Crippen LogP contribution is -2.36. The number of rotatable bonds is 4. The molecule has 25 heavy (non-hydrogen) atoms. The molecule has 2 aromatic rings. The summed E-state index contributed by atoms with van der Waals surface area (Å²) in [6, 6.07) is 6.49. The first kappa shape index (κ1) is 17.3. The van der Waals surface area contributed by atoms with Crippen molar-refractivity contribution < 1.29 is 9.18 Å². The maximum atomic E-state index is 13.8. The third-order valence-corrected chi connectivity index (χ3v) is 4.19. The van der Waals surface area contributed by atoms with Gasteiger partial charge in [0.25, 0.3) is 0 Å². The summed E-state index contributed by atoms with van der Waals surface area (Å²) in [5.41, 5.74) is 1.14. The molecule has 1 aliphatic rings. The summed E-state index contributed by atoms with van der Waals surface area (Å²) in [5, 5.41) is 2.67. The van der Waals surface area contributed by atoms with E-state index in [0.29, 0.717) is 0 Å². The highest BCUT2D eigenvalue weighted by Gasteiger charge is 2.19. The molecule has 0 spiro atoms. The van der Waals surface area contributed by atoms with Gasteiger partial charge in [0.1, 0.15) is 5.82 Å². The maximum Gasteiger partial charge on any atom is 0.238 e. The lowest BCUT2D eigenvalue weighted by Gasteiger charge is -2.21. The average Bonchev–Trinajstić information content (AvgIpc) is 2.84. The van der Waals surface area contributed by atoms with Crippen LogP contribution in [0.5, 0.6) is 0 Å². The molecular formula is C18H22FN5O. The molecule has 132 valence electrons. The first-order valence-corrected chi connectivity index (χ1v) is 8.42. The Morgan fingerprint density at radius 2 is 2.00 bits per heavy atom. The highest BCUT2D eigenvalue weighted by Crippen LogP contribution is 2.16. The van der Waals surface area contributed by atoms with Crippen LogP contribution < -0.4 is 10.2 Å². The quantitative estimate of drug-likeness (QED) is 0.921. The summed E-state index contributed by atoms with van der Waals surface area (Å²) in [7, 11) is 0. The number of hydrogen-bond acceptors (Lipinski definition) is 5. The van der Waals surface area contributed by atoms with E-state index < -0.39 is 5.82 Å². The van der Waals surface area contributed by atoms with Gasteiger partial charge in [-0.1, -0.05) is 6.07 Å². The zero-order chi connectivity index (χ0) is 17.6. The van der Waals surface area contributed by atoms with E-state index in [1.54, 1.807) is 30.6 Å². The molecule has 3 rings (SSSR count). The summed E-state index contributed by atoms with van der Waals surface area (Å²) < 4.78 is 13.8. The molecule has 0 radical (unpaired) electrons. The number of aromatic nitrogens is 2. The Balaban J connectivity index is 1.55. The van der Waals surface area contributed by atoms with Gasteiger partial charge in [-0.25, -0.2) is 14.4 Å². The van der Waals surface area contributed by atoms with E-state index in [-0.39, 0.29) is 18.1 Å². The first-order valence-electron chi connectivity index (χ1n) is 8.42. The Morgan fingerprint density at radius 1 is 1.20 bits per heavy atom. The van der Waals surface area contributed by atoms with Crippen LogP contribution in [0.3, 0.4) is 0 Å². The molecule has 2 heterocycles. The molecule has 6 nitrogen and oxygen atoms in total. The van der Waals surface area contributed by atoms with Gasteiger partial charge in [0, 0.05) is 38.6 Å². The number of benzene rings is 1. The standard InChI is InChI=1S/C18H22FN5O/c1-14-4-5-15(19)16(12-14)22-17(25)13-23-8-3-9-24(11-10-23)18-20-6-2-7-21-18/h2,4-7,12H,3,8-11,13H2,1H3,(H,22,25). The van der Waals surface area contributed by atoms with Gasteiger partial charge < -0.3 is 10.2 Å². The summed E-state index contributed by atoms with van der Waals surface area (Å²) in [5.74, 6) is 0.103. The molecule has 0 atom stereocenters. The highest BCUT2D eigenvalue weighted by atomic mass is 19.1. The topological polar surface area (TPSA) is 61.4 Å². The Morgan fingerprint density at radius 3 is 2.80 bits per heavy atom. The predicted octanol–water partition coefficient (Wildman–Crippen LogP) is 2.07. The zero-order valence-electron chi connectivity index (χ0n) is 14.3. The molecule has 0 aliphatic carbocycles.